The zero-order chi connectivity index (χ0) is 23.6. The van der Waals surface area contributed by atoms with Crippen LogP contribution in [0.2, 0.25) is 0 Å². The number of benzene rings is 3. The summed E-state index contributed by atoms with van der Waals surface area (Å²) in [5, 5.41) is 17.6. The van der Waals surface area contributed by atoms with Crippen molar-refractivity contribution < 1.29 is 4.74 Å². The molecule has 0 aliphatic carbocycles. The molecule has 176 valence electrons. The molecule has 0 aromatic heterocycles. The topological polar surface area (TPSA) is 61.9 Å². The van der Waals surface area contributed by atoms with Crippen molar-refractivity contribution in [3.8, 4) is 0 Å². The third-order valence-electron chi connectivity index (χ3n) is 5.97. The van der Waals surface area contributed by atoms with Gasteiger partial charge in [0.25, 0.3) is 0 Å². The van der Waals surface area contributed by atoms with Crippen LogP contribution < -0.4 is 4.90 Å². The molecule has 34 heavy (non-hydrogen) atoms. The summed E-state index contributed by atoms with van der Waals surface area (Å²) in [6.45, 7) is 7.65. The largest absolute Gasteiger partial charge is 0.378 e. The molecule has 0 amide bonds. The molecule has 1 saturated heterocycles. The third-order valence-corrected chi connectivity index (χ3v) is 5.97. The first-order chi connectivity index (χ1) is 16.7. The van der Waals surface area contributed by atoms with Gasteiger partial charge in [0.05, 0.1) is 36.0 Å². The number of azo groups is 2. The third kappa shape index (κ3) is 6.81. The minimum atomic E-state index is 0.780. The molecule has 0 unspecified atom stereocenters. The maximum absolute atomic E-state index is 5.42. The summed E-state index contributed by atoms with van der Waals surface area (Å²) in [5.74, 6) is 0. The second-order valence-corrected chi connectivity index (χ2v) is 8.61. The van der Waals surface area contributed by atoms with E-state index in [4.69, 9.17) is 4.74 Å². The highest BCUT2D eigenvalue weighted by molar-refractivity contribution is 5.55. The fraction of sp³-hybridized carbons (Fsp3) is 0.357. The van der Waals surface area contributed by atoms with Crippen LogP contribution in [-0.4, -0.2) is 26.3 Å². The van der Waals surface area contributed by atoms with Crippen LogP contribution in [0.15, 0.2) is 87.2 Å². The van der Waals surface area contributed by atoms with E-state index in [0.29, 0.717) is 0 Å². The SMILES string of the molecule is CCCCCc1ccc(/N=N/c2ccc(/N=N/c3ccc(N4CCOCC4)cc3)cc2C)cc1. The number of hydrogen-bond acceptors (Lipinski definition) is 6. The highest BCUT2D eigenvalue weighted by Crippen LogP contribution is 2.28. The first-order valence-electron chi connectivity index (χ1n) is 12.2. The minimum Gasteiger partial charge on any atom is -0.378 e. The maximum atomic E-state index is 5.42. The number of aryl methyl sites for hydroxylation is 2. The lowest BCUT2D eigenvalue weighted by molar-refractivity contribution is 0.122. The molecule has 0 atom stereocenters. The standard InChI is InChI=1S/C28H33N5O/c1-3-4-5-6-23-7-9-24(10-8-23)30-32-28-16-13-26(21-22(28)2)31-29-25-11-14-27(15-12-25)33-17-19-34-20-18-33/h7-16,21H,3-6,17-20H2,1-2H3/b31-29+,32-30+. The Balaban J connectivity index is 1.34. The van der Waals surface area contributed by atoms with E-state index in [1.54, 1.807) is 0 Å². The highest BCUT2D eigenvalue weighted by Gasteiger charge is 2.10. The van der Waals surface area contributed by atoms with Crippen molar-refractivity contribution in [2.45, 2.75) is 39.5 Å². The second kappa shape index (κ2) is 12.2. The van der Waals surface area contributed by atoms with E-state index in [2.05, 4.69) is 56.5 Å². The molecule has 3 aromatic rings. The lowest BCUT2D eigenvalue weighted by Crippen LogP contribution is -2.36. The quantitative estimate of drug-likeness (QED) is 0.240. The molecule has 1 aliphatic heterocycles. The van der Waals surface area contributed by atoms with Crippen LogP contribution in [0.5, 0.6) is 0 Å². The number of nitrogens with zero attached hydrogens (tertiary/aromatic N) is 5. The molecule has 0 spiro atoms. The lowest BCUT2D eigenvalue weighted by Gasteiger charge is -2.28. The van der Waals surface area contributed by atoms with E-state index in [0.717, 1.165) is 61.0 Å². The van der Waals surface area contributed by atoms with Gasteiger partial charge >= 0.3 is 0 Å². The van der Waals surface area contributed by atoms with E-state index in [1.807, 2.05) is 49.4 Å². The predicted octanol–water partition coefficient (Wildman–Crippen LogP) is 8.40. The molecule has 0 saturated carbocycles. The predicted molar refractivity (Wildman–Crippen MR) is 139 cm³/mol. The van der Waals surface area contributed by atoms with Gasteiger partial charge in [-0.2, -0.15) is 20.5 Å². The van der Waals surface area contributed by atoms with E-state index in [1.165, 1.54) is 30.5 Å². The van der Waals surface area contributed by atoms with Crippen LogP contribution in [-0.2, 0) is 11.2 Å². The van der Waals surface area contributed by atoms with Crippen molar-refractivity contribution in [1.82, 2.24) is 0 Å². The zero-order valence-corrected chi connectivity index (χ0v) is 20.2. The Morgan fingerprint density at radius 3 is 2.03 bits per heavy atom. The maximum Gasteiger partial charge on any atom is 0.0887 e. The molecule has 6 heteroatoms. The first kappa shape index (κ1) is 23.8. The van der Waals surface area contributed by atoms with Gasteiger partial charge in [-0.05, 0) is 85.5 Å². The van der Waals surface area contributed by atoms with E-state index >= 15 is 0 Å². The smallest absolute Gasteiger partial charge is 0.0887 e. The summed E-state index contributed by atoms with van der Waals surface area (Å²) in [5.41, 5.74) is 6.89. The molecule has 1 heterocycles. The molecular weight excluding hydrogens is 422 g/mol. The molecule has 6 nitrogen and oxygen atoms in total. The number of anilines is 1. The fourth-order valence-corrected chi connectivity index (χ4v) is 3.90. The van der Waals surface area contributed by atoms with Gasteiger partial charge in [0.1, 0.15) is 0 Å². The monoisotopic (exact) mass is 455 g/mol. The summed E-state index contributed by atoms with van der Waals surface area (Å²) in [7, 11) is 0. The van der Waals surface area contributed by atoms with Crippen molar-refractivity contribution in [2.24, 2.45) is 20.5 Å². The van der Waals surface area contributed by atoms with Crippen LogP contribution >= 0.6 is 0 Å². The summed E-state index contributed by atoms with van der Waals surface area (Å²) < 4.78 is 5.42. The summed E-state index contributed by atoms with van der Waals surface area (Å²) in [4.78, 5) is 2.32. The number of unbranched alkanes of at least 4 members (excludes halogenated alkanes) is 2. The van der Waals surface area contributed by atoms with Crippen LogP contribution in [0, 0.1) is 6.92 Å². The Labute approximate surface area is 202 Å². The average Bonchev–Trinajstić information content (AvgIpc) is 2.89. The Hall–Kier alpha value is -3.38. The summed E-state index contributed by atoms with van der Waals surface area (Å²) >= 11 is 0. The Morgan fingerprint density at radius 2 is 1.35 bits per heavy atom. The summed E-state index contributed by atoms with van der Waals surface area (Å²) in [6.07, 6.45) is 4.88. The minimum absolute atomic E-state index is 0.780. The molecule has 3 aromatic carbocycles. The Morgan fingerprint density at radius 1 is 0.735 bits per heavy atom. The Kier molecular flexibility index (Phi) is 8.52. The summed E-state index contributed by atoms with van der Waals surface area (Å²) in [6, 6.07) is 22.4. The van der Waals surface area contributed by atoms with Crippen LogP contribution in [0.3, 0.4) is 0 Å². The van der Waals surface area contributed by atoms with Gasteiger partial charge in [-0.3, -0.25) is 0 Å². The molecule has 1 aliphatic rings. The van der Waals surface area contributed by atoms with Gasteiger partial charge in [0.2, 0.25) is 0 Å². The van der Waals surface area contributed by atoms with Crippen LogP contribution in [0.4, 0.5) is 28.4 Å². The van der Waals surface area contributed by atoms with E-state index in [9.17, 15) is 0 Å². The number of hydrogen-bond donors (Lipinski definition) is 0. The fourth-order valence-electron chi connectivity index (χ4n) is 3.90. The van der Waals surface area contributed by atoms with Gasteiger partial charge in [-0.15, -0.1) is 0 Å². The van der Waals surface area contributed by atoms with Gasteiger partial charge in [0, 0.05) is 18.8 Å². The highest BCUT2D eigenvalue weighted by atomic mass is 16.5. The molecule has 0 bridgehead atoms. The van der Waals surface area contributed by atoms with Crippen molar-refractivity contribution in [1.29, 1.82) is 0 Å². The van der Waals surface area contributed by atoms with Gasteiger partial charge < -0.3 is 9.64 Å². The van der Waals surface area contributed by atoms with Crippen molar-refractivity contribution in [2.75, 3.05) is 31.2 Å². The zero-order valence-electron chi connectivity index (χ0n) is 20.2. The lowest BCUT2D eigenvalue weighted by atomic mass is 10.1. The van der Waals surface area contributed by atoms with E-state index < -0.39 is 0 Å². The van der Waals surface area contributed by atoms with Crippen molar-refractivity contribution in [3.63, 3.8) is 0 Å². The van der Waals surface area contributed by atoms with Gasteiger partial charge in [-0.1, -0.05) is 31.9 Å². The van der Waals surface area contributed by atoms with Gasteiger partial charge in [0.15, 0.2) is 0 Å². The van der Waals surface area contributed by atoms with Crippen LogP contribution in [0.1, 0.15) is 37.3 Å². The normalized spacial score (nSPS) is 14.4. The second-order valence-electron chi connectivity index (χ2n) is 8.61. The molecule has 0 radical (unpaired) electrons. The molecule has 1 fully saturated rings. The average molecular weight is 456 g/mol. The number of morpholine rings is 1. The number of ether oxygens (including phenoxy) is 1. The molecule has 0 N–H and O–H groups in total. The van der Waals surface area contributed by atoms with E-state index in [-0.39, 0.29) is 0 Å². The van der Waals surface area contributed by atoms with Crippen molar-refractivity contribution in [3.05, 3.63) is 77.9 Å². The number of rotatable bonds is 9. The van der Waals surface area contributed by atoms with Crippen molar-refractivity contribution >= 4 is 28.4 Å². The molecule has 4 rings (SSSR count). The van der Waals surface area contributed by atoms with Crippen LogP contribution in [0.25, 0.3) is 0 Å². The molecular formula is C28H33N5O. The Bertz CT molecular complexity index is 1100. The first-order valence-corrected chi connectivity index (χ1v) is 12.2. The van der Waals surface area contributed by atoms with Gasteiger partial charge in [-0.25, -0.2) is 0 Å².